The van der Waals surface area contributed by atoms with E-state index in [1.54, 1.807) is 0 Å². The molecule has 0 radical (unpaired) electrons. The number of allylic oxidation sites excluding steroid dienone is 4. The molecule has 0 spiro atoms. The van der Waals surface area contributed by atoms with Crippen LogP contribution in [0.3, 0.4) is 0 Å². The summed E-state index contributed by atoms with van der Waals surface area (Å²) in [5.41, 5.74) is -1.60. The first-order valence-corrected chi connectivity index (χ1v) is 10.8. The third kappa shape index (κ3) is 4.07. The molecule has 0 saturated heterocycles. The van der Waals surface area contributed by atoms with E-state index < -0.39 is 33.2 Å². The average molecular weight is 457 g/mol. The first-order chi connectivity index (χ1) is 15.3. The van der Waals surface area contributed by atoms with Crippen molar-refractivity contribution in [3.63, 3.8) is 0 Å². The summed E-state index contributed by atoms with van der Waals surface area (Å²) in [5.74, 6) is -2.19. The van der Waals surface area contributed by atoms with Gasteiger partial charge in [0.1, 0.15) is 11.5 Å². The molecule has 33 heavy (non-hydrogen) atoms. The SMILES string of the molecule is CC1(C)CC(=O)C(C(C2=C(O)CC(C)(C)CC2=O)c2cc3c(cc2[N+](=O)[O-])OCO3)=C(O)C1. The maximum absolute atomic E-state index is 13.3. The van der Waals surface area contributed by atoms with E-state index in [9.17, 15) is 29.9 Å². The van der Waals surface area contributed by atoms with Gasteiger partial charge >= 0.3 is 0 Å². The monoisotopic (exact) mass is 457 g/mol. The van der Waals surface area contributed by atoms with Gasteiger partial charge in [-0.05, 0) is 16.9 Å². The third-order valence-corrected chi connectivity index (χ3v) is 6.40. The molecule has 0 aromatic heterocycles. The number of carbonyl (C=O) groups excluding carboxylic acids is 2. The number of Topliss-reactive ketones (excluding diaryl/α,β-unsaturated/α-hetero) is 2. The molecule has 0 unspecified atom stereocenters. The van der Waals surface area contributed by atoms with E-state index in [0.29, 0.717) is 0 Å². The molecular weight excluding hydrogens is 430 g/mol. The summed E-state index contributed by atoms with van der Waals surface area (Å²) in [6, 6.07) is 2.56. The summed E-state index contributed by atoms with van der Waals surface area (Å²) in [7, 11) is 0. The topological polar surface area (TPSA) is 136 Å². The molecule has 0 saturated carbocycles. The number of ketones is 2. The van der Waals surface area contributed by atoms with Gasteiger partial charge in [-0.15, -0.1) is 0 Å². The van der Waals surface area contributed by atoms with Crippen LogP contribution in [0.5, 0.6) is 11.5 Å². The number of ether oxygens (including phenoxy) is 2. The standard InChI is InChI=1S/C24H27NO8/c1-23(2)7-14(26)21(15(27)8-23)20(22-16(28)9-24(3,4)10-17(22)29)12-5-18-19(33-11-32-18)6-13(12)25(30)31/h5-6,20,26,28H,7-11H2,1-4H3. The number of carbonyl (C=O) groups is 2. The van der Waals surface area contributed by atoms with Gasteiger partial charge in [-0.1, -0.05) is 27.7 Å². The summed E-state index contributed by atoms with van der Waals surface area (Å²) in [6.45, 7) is 7.21. The first-order valence-electron chi connectivity index (χ1n) is 10.8. The number of nitro benzene ring substituents is 1. The summed E-state index contributed by atoms with van der Waals surface area (Å²) in [6.07, 6.45) is 0.511. The van der Waals surface area contributed by atoms with E-state index in [1.807, 2.05) is 27.7 Å². The molecule has 0 amide bonds. The Bertz CT molecular complexity index is 1090. The van der Waals surface area contributed by atoms with E-state index in [4.69, 9.17) is 9.47 Å². The number of aliphatic hydroxyl groups excluding tert-OH is 2. The molecule has 0 fully saturated rings. The quantitative estimate of drug-likeness (QED) is 0.485. The minimum Gasteiger partial charge on any atom is -0.512 e. The minimum atomic E-state index is -1.30. The Balaban J connectivity index is 2.02. The first kappa shape index (κ1) is 22.8. The van der Waals surface area contributed by atoms with Crippen LogP contribution in [-0.4, -0.2) is 33.5 Å². The Hall–Kier alpha value is -3.36. The number of rotatable bonds is 4. The fourth-order valence-corrected chi connectivity index (χ4v) is 5.05. The van der Waals surface area contributed by atoms with Crippen LogP contribution in [-0.2, 0) is 9.59 Å². The van der Waals surface area contributed by atoms with Gasteiger partial charge in [0.25, 0.3) is 5.69 Å². The largest absolute Gasteiger partial charge is 0.512 e. The lowest BCUT2D eigenvalue weighted by molar-refractivity contribution is -0.385. The Labute approximate surface area is 190 Å². The highest BCUT2D eigenvalue weighted by Crippen LogP contribution is 2.51. The van der Waals surface area contributed by atoms with E-state index in [0.717, 1.165) is 0 Å². The van der Waals surface area contributed by atoms with Crippen LogP contribution in [0.4, 0.5) is 5.69 Å². The number of benzene rings is 1. The minimum absolute atomic E-state index is 0.00605. The fourth-order valence-electron chi connectivity index (χ4n) is 5.05. The molecule has 176 valence electrons. The van der Waals surface area contributed by atoms with Crippen molar-refractivity contribution in [3.8, 4) is 11.5 Å². The van der Waals surface area contributed by atoms with Crippen LogP contribution in [0.15, 0.2) is 34.8 Å². The van der Waals surface area contributed by atoms with Gasteiger partial charge in [0.15, 0.2) is 23.1 Å². The Morgan fingerprint density at radius 3 is 1.76 bits per heavy atom. The van der Waals surface area contributed by atoms with E-state index >= 15 is 0 Å². The fraction of sp³-hybridized carbons (Fsp3) is 0.500. The van der Waals surface area contributed by atoms with E-state index in [-0.39, 0.29) is 77.9 Å². The highest BCUT2D eigenvalue weighted by molar-refractivity contribution is 6.05. The predicted molar refractivity (Wildman–Crippen MR) is 117 cm³/mol. The van der Waals surface area contributed by atoms with Gasteiger partial charge in [0.05, 0.1) is 16.9 Å². The Morgan fingerprint density at radius 1 is 0.879 bits per heavy atom. The number of aliphatic hydroxyl groups is 2. The predicted octanol–water partition coefficient (Wildman–Crippen LogP) is 4.81. The number of hydrogen-bond donors (Lipinski definition) is 2. The van der Waals surface area contributed by atoms with Crippen LogP contribution < -0.4 is 9.47 Å². The van der Waals surface area contributed by atoms with Crippen molar-refractivity contribution >= 4 is 17.3 Å². The molecule has 9 heteroatoms. The summed E-state index contributed by atoms with van der Waals surface area (Å²) in [4.78, 5) is 37.9. The maximum Gasteiger partial charge on any atom is 0.277 e. The zero-order chi connectivity index (χ0) is 24.3. The van der Waals surface area contributed by atoms with Gasteiger partial charge in [0, 0.05) is 42.4 Å². The smallest absolute Gasteiger partial charge is 0.277 e. The number of nitrogens with zero attached hydrogens (tertiary/aromatic N) is 1. The van der Waals surface area contributed by atoms with E-state index in [2.05, 4.69) is 0 Å². The molecule has 1 heterocycles. The zero-order valence-corrected chi connectivity index (χ0v) is 19.1. The number of nitro groups is 1. The zero-order valence-electron chi connectivity index (χ0n) is 19.1. The highest BCUT2D eigenvalue weighted by Gasteiger charge is 2.46. The van der Waals surface area contributed by atoms with Crippen molar-refractivity contribution in [2.45, 2.75) is 59.3 Å². The van der Waals surface area contributed by atoms with Crippen LogP contribution >= 0.6 is 0 Å². The lowest BCUT2D eigenvalue weighted by atomic mass is 9.66. The second kappa shape index (κ2) is 7.60. The molecule has 1 aliphatic heterocycles. The second-order valence-corrected chi connectivity index (χ2v) is 10.6. The van der Waals surface area contributed by atoms with Crippen molar-refractivity contribution in [2.75, 3.05) is 6.79 Å². The molecule has 9 nitrogen and oxygen atoms in total. The molecule has 2 aliphatic carbocycles. The summed E-state index contributed by atoms with van der Waals surface area (Å²) in [5, 5.41) is 33.9. The van der Waals surface area contributed by atoms with Crippen molar-refractivity contribution < 1.29 is 34.2 Å². The van der Waals surface area contributed by atoms with Crippen molar-refractivity contribution in [3.05, 3.63) is 50.5 Å². The summed E-state index contributed by atoms with van der Waals surface area (Å²) >= 11 is 0. The van der Waals surface area contributed by atoms with E-state index in [1.165, 1.54) is 12.1 Å². The van der Waals surface area contributed by atoms with Crippen molar-refractivity contribution in [2.24, 2.45) is 10.8 Å². The van der Waals surface area contributed by atoms with Gasteiger partial charge in [-0.25, -0.2) is 0 Å². The van der Waals surface area contributed by atoms with Crippen LogP contribution in [0.25, 0.3) is 0 Å². The van der Waals surface area contributed by atoms with Crippen molar-refractivity contribution in [1.29, 1.82) is 0 Å². The molecule has 1 aromatic rings. The Kier molecular flexibility index (Phi) is 5.26. The molecule has 4 rings (SSSR count). The second-order valence-electron chi connectivity index (χ2n) is 10.6. The molecule has 0 bridgehead atoms. The molecule has 3 aliphatic rings. The van der Waals surface area contributed by atoms with Crippen LogP contribution in [0, 0.1) is 20.9 Å². The van der Waals surface area contributed by atoms with Crippen molar-refractivity contribution in [1.82, 2.24) is 0 Å². The highest BCUT2D eigenvalue weighted by atomic mass is 16.7. The lowest BCUT2D eigenvalue weighted by Crippen LogP contribution is -2.33. The van der Waals surface area contributed by atoms with Crippen LogP contribution in [0.2, 0.25) is 0 Å². The number of hydrogen-bond acceptors (Lipinski definition) is 8. The Morgan fingerprint density at radius 2 is 1.33 bits per heavy atom. The van der Waals surface area contributed by atoms with Crippen LogP contribution in [0.1, 0.15) is 64.9 Å². The molecule has 1 aromatic carbocycles. The molecule has 0 atom stereocenters. The third-order valence-electron chi connectivity index (χ3n) is 6.40. The van der Waals surface area contributed by atoms with Gasteiger partial charge in [0.2, 0.25) is 6.79 Å². The van der Waals surface area contributed by atoms with Gasteiger partial charge < -0.3 is 19.7 Å². The summed E-state index contributed by atoms with van der Waals surface area (Å²) < 4.78 is 10.7. The molecular formula is C24H27NO8. The van der Waals surface area contributed by atoms with Gasteiger partial charge in [-0.2, -0.15) is 0 Å². The normalized spacial score (nSPS) is 21.7. The molecule has 2 N–H and O–H groups in total. The van der Waals surface area contributed by atoms with Gasteiger partial charge in [-0.3, -0.25) is 19.7 Å². The average Bonchev–Trinajstić information content (AvgIpc) is 3.10. The lowest BCUT2D eigenvalue weighted by Gasteiger charge is -2.36. The maximum atomic E-state index is 13.3. The number of fused-ring (bicyclic) bond motifs is 1.